The molecule has 2 aromatic heterocycles. The Morgan fingerprint density at radius 2 is 1.64 bits per heavy atom. The predicted molar refractivity (Wildman–Crippen MR) is 148 cm³/mol. The number of nitrogens with one attached hydrogen (secondary N) is 1. The molecule has 0 atom stereocenters. The molecule has 0 saturated heterocycles. The number of benzene rings is 3. The molecule has 5 rings (SSSR count). The summed E-state index contributed by atoms with van der Waals surface area (Å²) in [6, 6.07) is 28.9. The van der Waals surface area contributed by atoms with Gasteiger partial charge >= 0.3 is 0 Å². The number of carbonyl (C=O) groups is 1. The molecule has 0 aliphatic heterocycles. The van der Waals surface area contributed by atoms with Crippen LogP contribution in [0.1, 0.15) is 34.6 Å². The van der Waals surface area contributed by atoms with Crippen molar-refractivity contribution in [2.24, 2.45) is 0 Å². The topological polar surface area (TPSA) is 58.1 Å². The molecule has 5 nitrogen and oxygen atoms in total. The summed E-state index contributed by atoms with van der Waals surface area (Å²) in [6.07, 6.45) is 1.60. The Hall–Kier alpha value is -4.03. The highest BCUT2D eigenvalue weighted by molar-refractivity contribution is 7.12. The highest BCUT2D eigenvalue weighted by Crippen LogP contribution is 2.28. The van der Waals surface area contributed by atoms with Gasteiger partial charge in [-0.25, -0.2) is 9.97 Å². The zero-order valence-corrected chi connectivity index (χ0v) is 21.2. The van der Waals surface area contributed by atoms with Crippen LogP contribution >= 0.6 is 11.3 Å². The van der Waals surface area contributed by atoms with Gasteiger partial charge in [0.1, 0.15) is 12.1 Å². The fourth-order valence-electron chi connectivity index (χ4n) is 4.25. The Morgan fingerprint density at radius 3 is 2.42 bits per heavy atom. The maximum absolute atomic E-state index is 13.4. The number of thiophene rings is 1. The highest BCUT2D eigenvalue weighted by atomic mass is 32.1. The molecule has 5 aromatic rings. The Labute approximate surface area is 215 Å². The Bertz CT molecular complexity index is 1470. The van der Waals surface area contributed by atoms with E-state index in [1.54, 1.807) is 6.33 Å². The van der Waals surface area contributed by atoms with Gasteiger partial charge in [0.05, 0.1) is 10.4 Å². The standard InChI is InChI=1S/C30H28N4OS/c1-21(2)33-29-26-17-25(13-14-27(26)31-20-32-29)24-11-6-10-23(16-24)19-34(18-22-8-4-3-5-9-22)30(35)28-12-7-15-36-28/h3-17,20-21H,18-19H2,1-2H3,(H,31,32,33). The SMILES string of the molecule is CC(C)Nc1ncnc2ccc(-c3cccc(CN(Cc4ccccc4)C(=O)c4cccs4)c3)cc12. The first-order valence-electron chi connectivity index (χ1n) is 12.0. The number of nitrogens with zero attached hydrogens (tertiary/aromatic N) is 3. The molecule has 180 valence electrons. The summed E-state index contributed by atoms with van der Waals surface area (Å²) in [6.45, 7) is 5.27. The van der Waals surface area contributed by atoms with Gasteiger partial charge in [-0.3, -0.25) is 4.79 Å². The van der Waals surface area contributed by atoms with Crippen LogP contribution in [0.5, 0.6) is 0 Å². The molecule has 0 bridgehead atoms. The average Bonchev–Trinajstić information content (AvgIpc) is 3.44. The van der Waals surface area contributed by atoms with Crippen LogP contribution in [0.25, 0.3) is 22.0 Å². The van der Waals surface area contributed by atoms with Crippen LogP contribution in [-0.4, -0.2) is 26.8 Å². The molecule has 2 heterocycles. The third-order valence-corrected chi connectivity index (χ3v) is 6.79. The molecule has 0 radical (unpaired) electrons. The van der Waals surface area contributed by atoms with E-state index in [0.29, 0.717) is 13.1 Å². The maximum atomic E-state index is 13.4. The van der Waals surface area contributed by atoms with Gasteiger partial charge in [-0.15, -0.1) is 11.3 Å². The highest BCUT2D eigenvalue weighted by Gasteiger charge is 2.18. The summed E-state index contributed by atoms with van der Waals surface area (Å²) in [4.78, 5) is 24.9. The number of fused-ring (bicyclic) bond motifs is 1. The summed E-state index contributed by atoms with van der Waals surface area (Å²) >= 11 is 1.48. The smallest absolute Gasteiger partial charge is 0.264 e. The van der Waals surface area contributed by atoms with E-state index in [1.165, 1.54) is 11.3 Å². The molecule has 0 aliphatic carbocycles. The second-order valence-electron chi connectivity index (χ2n) is 9.08. The van der Waals surface area contributed by atoms with E-state index in [0.717, 1.165) is 43.9 Å². The van der Waals surface area contributed by atoms with E-state index in [-0.39, 0.29) is 11.9 Å². The van der Waals surface area contributed by atoms with Crippen LogP contribution in [0, 0.1) is 0 Å². The van der Waals surface area contributed by atoms with Crippen LogP contribution in [0.15, 0.2) is 96.6 Å². The summed E-state index contributed by atoms with van der Waals surface area (Å²) in [7, 11) is 0. The Kier molecular flexibility index (Phi) is 7.05. The van der Waals surface area contributed by atoms with E-state index < -0.39 is 0 Å². The fourth-order valence-corrected chi connectivity index (χ4v) is 4.94. The van der Waals surface area contributed by atoms with E-state index in [2.05, 4.69) is 77.7 Å². The minimum Gasteiger partial charge on any atom is -0.367 e. The van der Waals surface area contributed by atoms with Gasteiger partial charge in [-0.1, -0.05) is 60.7 Å². The Morgan fingerprint density at radius 1 is 0.861 bits per heavy atom. The van der Waals surface area contributed by atoms with E-state index >= 15 is 0 Å². The number of carbonyl (C=O) groups excluding carboxylic acids is 1. The van der Waals surface area contributed by atoms with Crippen molar-refractivity contribution in [1.29, 1.82) is 0 Å². The summed E-state index contributed by atoms with van der Waals surface area (Å²) in [5, 5.41) is 6.36. The molecule has 1 amide bonds. The van der Waals surface area contributed by atoms with Gasteiger partial charge in [0.2, 0.25) is 0 Å². The largest absolute Gasteiger partial charge is 0.367 e. The Balaban J connectivity index is 1.45. The van der Waals surface area contributed by atoms with Crippen molar-refractivity contribution in [2.45, 2.75) is 33.0 Å². The van der Waals surface area contributed by atoms with E-state index in [4.69, 9.17) is 0 Å². The van der Waals surface area contributed by atoms with Crippen LogP contribution in [0.3, 0.4) is 0 Å². The zero-order chi connectivity index (χ0) is 24.9. The van der Waals surface area contributed by atoms with Crippen molar-refractivity contribution in [3.63, 3.8) is 0 Å². The number of anilines is 1. The number of aromatic nitrogens is 2. The van der Waals surface area contributed by atoms with Crippen molar-refractivity contribution in [3.8, 4) is 11.1 Å². The lowest BCUT2D eigenvalue weighted by Gasteiger charge is -2.23. The monoisotopic (exact) mass is 492 g/mol. The summed E-state index contributed by atoms with van der Waals surface area (Å²) in [5.41, 5.74) is 5.28. The molecular formula is C30H28N4OS. The van der Waals surface area contributed by atoms with Gasteiger partial charge in [-0.05, 0) is 65.7 Å². The minimum atomic E-state index is 0.0477. The normalized spacial score (nSPS) is 11.1. The van der Waals surface area contributed by atoms with E-state index in [1.807, 2.05) is 46.7 Å². The molecule has 36 heavy (non-hydrogen) atoms. The predicted octanol–water partition coefficient (Wildman–Crippen LogP) is 7.02. The van der Waals surface area contributed by atoms with Crippen molar-refractivity contribution >= 4 is 34.0 Å². The van der Waals surface area contributed by atoms with Crippen LogP contribution in [0.4, 0.5) is 5.82 Å². The fraction of sp³-hybridized carbons (Fsp3) is 0.167. The number of hydrogen-bond acceptors (Lipinski definition) is 5. The quantitative estimate of drug-likeness (QED) is 0.253. The molecule has 6 heteroatoms. The van der Waals surface area contributed by atoms with Gasteiger partial charge in [-0.2, -0.15) is 0 Å². The third-order valence-electron chi connectivity index (χ3n) is 5.93. The minimum absolute atomic E-state index is 0.0477. The molecule has 0 unspecified atom stereocenters. The second kappa shape index (κ2) is 10.7. The molecule has 0 fully saturated rings. The van der Waals surface area contributed by atoms with Crippen LogP contribution in [0.2, 0.25) is 0 Å². The first-order valence-corrected chi connectivity index (χ1v) is 12.9. The summed E-state index contributed by atoms with van der Waals surface area (Å²) < 4.78 is 0. The van der Waals surface area contributed by atoms with Crippen molar-refractivity contribution in [1.82, 2.24) is 14.9 Å². The van der Waals surface area contributed by atoms with Gasteiger partial charge in [0, 0.05) is 24.5 Å². The average molecular weight is 493 g/mol. The lowest BCUT2D eigenvalue weighted by Crippen LogP contribution is -2.29. The second-order valence-corrected chi connectivity index (χ2v) is 10.0. The lowest BCUT2D eigenvalue weighted by atomic mass is 10.0. The van der Waals surface area contributed by atoms with Crippen molar-refractivity contribution < 1.29 is 4.79 Å². The molecule has 0 spiro atoms. The van der Waals surface area contributed by atoms with Crippen LogP contribution < -0.4 is 5.32 Å². The molecular weight excluding hydrogens is 464 g/mol. The first kappa shape index (κ1) is 23.7. The third kappa shape index (κ3) is 5.44. The molecule has 3 aromatic carbocycles. The lowest BCUT2D eigenvalue weighted by molar-refractivity contribution is 0.0735. The molecule has 0 aliphatic rings. The van der Waals surface area contributed by atoms with E-state index in [9.17, 15) is 4.79 Å². The number of hydrogen-bond donors (Lipinski definition) is 1. The molecule has 0 saturated carbocycles. The number of amides is 1. The number of rotatable bonds is 8. The van der Waals surface area contributed by atoms with Gasteiger partial charge in [0.15, 0.2) is 0 Å². The van der Waals surface area contributed by atoms with Crippen LogP contribution in [-0.2, 0) is 13.1 Å². The van der Waals surface area contributed by atoms with Crippen molar-refractivity contribution in [3.05, 3.63) is 113 Å². The van der Waals surface area contributed by atoms with Gasteiger partial charge in [0.25, 0.3) is 5.91 Å². The van der Waals surface area contributed by atoms with Crippen molar-refractivity contribution in [2.75, 3.05) is 5.32 Å². The first-order chi connectivity index (χ1) is 17.6. The summed E-state index contributed by atoms with van der Waals surface area (Å²) in [5.74, 6) is 0.884. The zero-order valence-electron chi connectivity index (χ0n) is 20.4. The molecule has 1 N–H and O–H groups in total. The maximum Gasteiger partial charge on any atom is 0.264 e. The van der Waals surface area contributed by atoms with Gasteiger partial charge < -0.3 is 10.2 Å².